The largest absolute Gasteiger partial charge is 0.481 e. The molecule has 0 unspecified atom stereocenters. The Labute approximate surface area is 92.5 Å². The van der Waals surface area contributed by atoms with Crippen LogP contribution in [-0.2, 0) is 9.59 Å². The Morgan fingerprint density at radius 3 is 2.25 bits per heavy atom. The molecule has 0 spiro atoms. The van der Waals surface area contributed by atoms with Gasteiger partial charge < -0.3 is 10.2 Å². The second-order valence-electron chi connectivity index (χ2n) is 4.06. The maximum Gasteiger partial charge on any atom is 0.307 e. The fourth-order valence-corrected chi connectivity index (χ4v) is 2.30. The van der Waals surface area contributed by atoms with Gasteiger partial charge in [-0.3, -0.25) is 9.59 Å². The van der Waals surface area contributed by atoms with Gasteiger partial charge in [0.15, 0.2) is 0 Å². The van der Waals surface area contributed by atoms with E-state index < -0.39 is 17.9 Å². The second kappa shape index (κ2) is 3.96. The Hall–Kier alpha value is -1.84. The van der Waals surface area contributed by atoms with E-state index in [1.807, 2.05) is 30.3 Å². The fourth-order valence-electron chi connectivity index (χ4n) is 2.30. The lowest BCUT2D eigenvalue weighted by Crippen LogP contribution is -2.03. The number of hydrogen-bond acceptors (Lipinski definition) is 2. The number of aliphatic carboxylic acids is 2. The number of rotatable bonds is 4. The summed E-state index contributed by atoms with van der Waals surface area (Å²) in [6.45, 7) is 0. The van der Waals surface area contributed by atoms with Crippen molar-refractivity contribution >= 4 is 11.9 Å². The Balaban J connectivity index is 2.16. The molecule has 0 aliphatic heterocycles. The Kier molecular flexibility index (Phi) is 2.64. The first-order chi connectivity index (χ1) is 7.61. The van der Waals surface area contributed by atoms with Crippen LogP contribution < -0.4 is 0 Å². The summed E-state index contributed by atoms with van der Waals surface area (Å²) in [5.41, 5.74) is 0.918. The third-order valence-electron chi connectivity index (χ3n) is 3.05. The Morgan fingerprint density at radius 2 is 1.75 bits per heavy atom. The summed E-state index contributed by atoms with van der Waals surface area (Å²) < 4.78 is 0. The van der Waals surface area contributed by atoms with Crippen LogP contribution in [0.3, 0.4) is 0 Å². The monoisotopic (exact) mass is 220 g/mol. The first-order valence-corrected chi connectivity index (χ1v) is 5.11. The van der Waals surface area contributed by atoms with Crippen LogP contribution in [0.2, 0.25) is 0 Å². The number of hydrogen-bond donors (Lipinski definition) is 2. The van der Waals surface area contributed by atoms with Crippen molar-refractivity contribution in [3.8, 4) is 0 Å². The van der Waals surface area contributed by atoms with Gasteiger partial charge in [-0.25, -0.2) is 0 Å². The molecule has 84 valence electrons. The van der Waals surface area contributed by atoms with Gasteiger partial charge in [0.05, 0.1) is 5.92 Å². The first kappa shape index (κ1) is 10.7. The number of carbonyl (C=O) groups is 2. The van der Waals surface area contributed by atoms with Crippen LogP contribution in [0.5, 0.6) is 0 Å². The third kappa shape index (κ3) is 1.91. The van der Waals surface area contributed by atoms with Crippen LogP contribution in [0.1, 0.15) is 17.9 Å². The highest BCUT2D eigenvalue weighted by molar-refractivity contribution is 5.79. The second-order valence-corrected chi connectivity index (χ2v) is 4.06. The summed E-state index contributed by atoms with van der Waals surface area (Å²) in [5, 5.41) is 17.7. The summed E-state index contributed by atoms with van der Waals surface area (Å²) in [5.74, 6) is -2.79. The van der Waals surface area contributed by atoms with E-state index in [0.717, 1.165) is 5.56 Å². The lowest BCUT2D eigenvalue weighted by molar-refractivity contribution is -0.139. The molecule has 0 heterocycles. The average molecular weight is 220 g/mol. The van der Waals surface area contributed by atoms with Crippen LogP contribution >= 0.6 is 0 Å². The standard InChI is InChI=1S/C12H12O4/c13-9(14)6-8-10(11(8)12(15)16)7-4-2-1-3-5-7/h1-5,8,10-11H,6H2,(H,13,14)(H,15,16)/t8-,10-,11-/m0/s1. The predicted molar refractivity (Wildman–Crippen MR) is 56.1 cm³/mol. The summed E-state index contributed by atoms with van der Waals surface area (Å²) in [6, 6.07) is 9.23. The van der Waals surface area contributed by atoms with Crippen molar-refractivity contribution < 1.29 is 19.8 Å². The molecule has 2 N–H and O–H groups in total. The molecular formula is C12H12O4. The highest BCUT2D eigenvalue weighted by atomic mass is 16.4. The molecule has 1 fully saturated rings. The van der Waals surface area contributed by atoms with Crippen molar-refractivity contribution in [3.63, 3.8) is 0 Å². The van der Waals surface area contributed by atoms with Crippen LogP contribution in [0.15, 0.2) is 30.3 Å². The summed E-state index contributed by atoms with van der Waals surface area (Å²) in [4.78, 5) is 21.5. The number of carboxylic acid groups (broad SMARTS) is 2. The van der Waals surface area contributed by atoms with Crippen molar-refractivity contribution in [2.24, 2.45) is 11.8 Å². The summed E-state index contributed by atoms with van der Waals surface area (Å²) >= 11 is 0. The molecule has 0 radical (unpaired) electrons. The molecule has 16 heavy (non-hydrogen) atoms. The Bertz CT molecular complexity index is 412. The van der Waals surface area contributed by atoms with Crippen molar-refractivity contribution in [3.05, 3.63) is 35.9 Å². The molecule has 1 aromatic carbocycles. The highest BCUT2D eigenvalue weighted by Crippen LogP contribution is 2.55. The maximum absolute atomic E-state index is 10.9. The highest BCUT2D eigenvalue weighted by Gasteiger charge is 2.56. The normalized spacial score (nSPS) is 27.4. The van der Waals surface area contributed by atoms with E-state index in [4.69, 9.17) is 10.2 Å². The smallest absolute Gasteiger partial charge is 0.307 e. The number of carboxylic acids is 2. The van der Waals surface area contributed by atoms with Gasteiger partial charge in [0.1, 0.15) is 0 Å². The van der Waals surface area contributed by atoms with E-state index in [9.17, 15) is 9.59 Å². The zero-order valence-electron chi connectivity index (χ0n) is 8.54. The molecule has 1 saturated carbocycles. The van der Waals surface area contributed by atoms with Gasteiger partial charge in [0, 0.05) is 12.3 Å². The quantitative estimate of drug-likeness (QED) is 0.807. The molecule has 1 aliphatic carbocycles. The molecule has 4 heteroatoms. The third-order valence-corrected chi connectivity index (χ3v) is 3.05. The van der Waals surface area contributed by atoms with E-state index in [1.165, 1.54) is 0 Å². The van der Waals surface area contributed by atoms with Crippen molar-refractivity contribution in [2.75, 3.05) is 0 Å². The van der Waals surface area contributed by atoms with Crippen LogP contribution in [0.4, 0.5) is 0 Å². The molecule has 3 atom stereocenters. The van der Waals surface area contributed by atoms with Gasteiger partial charge in [0.25, 0.3) is 0 Å². The van der Waals surface area contributed by atoms with Gasteiger partial charge in [-0.2, -0.15) is 0 Å². The predicted octanol–water partition coefficient (Wildman–Crippen LogP) is 1.58. The molecule has 0 saturated heterocycles. The van der Waals surface area contributed by atoms with Crippen molar-refractivity contribution in [1.29, 1.82) is 0 Å². The van der Waals surface area contributed by atoms with Gasteiger partial charge >= 0.3 is 11.9 Å². The zero-order valence-corrected chi connectivity index (χ0v) is 8.54. The van der Waals surface area contributed by atoms with Gasteiger partial charge in [0.2, 0.25) is 0 Å². The lowest BCUT2D eigenvalue weighted by Gasteiger charge is -1.97. The SMILES string of the molecule is O=C(O)C[C@@H]1[C@H](C(=O)O)[C@H]1c1ccccc1. The summed E-state index contributed by atoms with van der Waals surface area (Å²) in [7, 11) is 0. The molecule has 0 amide bonds. The van der Waals surface area contributed by atoms with Crippen molar-refractivity contribution in [2.45, 2.75) is 12.3 Å². The van der Waals surface area contributed by atoms with E-state index in [1.54, 1.807) is 0 Å². The minimum atomic E-state index is -0.935. The van der Waals surface area contributed by atoms with Gasteiger partial charge in [-0.1, -0.05) is 30.3 Å². The van der Waals surface area contributed by atoms with Crippen LogP contribution in [0.25, 0.3) is 0 Å². The van der Waals surface area contributed by atoms with Crippen LogP contribution in [0, 0.1) is 11.8 Å². The van der Waals surface area contributed by atoms with Gasteiger partial charge in [-0.15, -0.1) is 0 Å². The average Bonchev–Trinajstić information content (AvgIpc) is 2.92. The van der Waals surface area contributed by atoms with Gasteiger partial charge in [-0.05, 0) is 11.5 Å². The number of benzene rings is 1. The summed E-state index contributed by atoms with van der Waals surface area (Å²) in [6.07, 6.45) is -0.0729. The van der Waals surface area contributed by atoms with E-state index >= 15 is 0 Å². The maximum atomic E-state index is 10.9. The first-order valence-electron chi connectivity index (χ1n) is 5.11. The minimum absolute atomic E-state index is 0.0729. The Morgan fingerprint density at radius 1 is 1.12 bits per heavy atom. The molecule has 4 nitrogen and oxygen atoms in total. The molecule has 2 rings (SSSR count). The van der Waals surface area contributed by atoms with Crippen LogP contribution in [-0.4, -0.2) is 22.2 Å². The fraction of sp³-hybridized carbons (Fsp3) is 0.333. The molecule has 1 aliphatic rings. The van der Waals surface area contributed by atoms with E-state index in [0.29, 0.717) is 0 Å². The minimum Gasteiger partial charge on any atom is -0.481 e. The van der Waals surface area contributed by atoms with Crippen molar-refractivity contribution in [1.82, 2.24) is 0 Å². The molecular weight excluding hydrogens is 208 g/mol. The topological polar surface area (TPSA) is 74.6 Å². The molecule has 1 aromatic rings. The molecule has 0 bridgehead atoms. The zero-order chi connectivity index (χ0) is 11.7. The van der Waals surface area contributed by atoms with E-state index in [2.05, 4.69) is 0 Å². The lowest BCUT2D eigenvalue weighted by atomic mass is 10.1. The van der Waals surface area contributed by atoms with E-state index in [-0.39, 0.29) is 18.3 Å². The molecule has 0 aromatic heterocycles.